The quantitative estimate of drug-likeness (QED) is 0.889. The van der Waals surface area contributed by atoms with Crippen LogP contribution in [0.1, 0.15) is 38.3 Å². The van der Waals surface area contributed by atoms with Crippen molar-refractivity contribution in [3.05, 3.63) is 41.7 Å². The van der Waals surface area contributed by atoms with Crippen LogP contribution in [-0.2, 0) is 13.2 Å². The largest absolute Gasteiger partial charge is 0.485 e. The zero-order valence-corrected chi connectivity index (χ0v) is 12.5. The van der Waals surface area contributed by atoms with Crippen LogP contribution in [0, 0.1) is 11.7 Å². The standard InChI is InChI=1S/C15H20FN3O2/c1-10(2)7-19-15(17-9-18-19)8-21-14-6-12(16)4-5-13(14)11(3)20/h4-6,9-11,20H,7-8H2,1-3H3/t11-/m1/s1. The first-order valence-electron chi connectivity index (χ1n) is 6.94. The molecule has 5 nitrogen and oxygen atoms in total. The molecule has 1 N–H and O–H groups in total. The van der Waals surface area contributed by atoms with Gasteiger partial charge in [0, 0.05) is 18.2 Å². The highest BCUT2D eigenvalue weighted by Gasteiger charge is 2.12. The Hall–Kier alpha value is -1.95. The Balaban J connectivity index is 2.13. The third kappa shape index (κ3) is 4.01. The Morgan fingerprint density at radius 1 is 1.33 bits per heavy atom. The first kappa shape index (κ1) is 15.4. The van der Waals surface area contributed by atoms with Crippen molar-refractivity contribution in [2.24, 2.45) is 5.92 Å². The molecule has 2 rings (SSSR count). The number of ether oxygens (including phenoxy) is 1. The maximum absolute atomic E-state index is 13.3. The summed E-state index contributed by atoms with van der Waals surface area (Å²) in [5.41, 5.74) is 0.548. The van der Waals surface area contributed by atoms with Gasteiger partial charge in [0.15, 0.2) is 5.82 Å². The molecule has 114 valence electrons. The molecule has 1 aromatic heterocycles. The number of aliphatic hydroxyl groups is 1. The Kier molecular flexibility index (Phi) is 4.90. The zero-order chi connectivity index (χ0) is 15.4. The minimum atomic E-state index is -0.728. The summed E-state index contributed by atoms with van der Waals surface area (Å²) >= 11 is 0. The fourth-order valence-electron chi connectivity index (χ4n) is 2.02. The van der Waals surface area contributed by atoms with Gasteiger partial charge in [-0.2, -0.15) is 5.10 Å². The highest BCUT2D eigenvalue weighted by molar-refractivity contribution is 5.35. The van der Waals surface area contributed by atoms with Crippen molar-refractivity contribution in [3.63, 3.8) is 0 Å². The average Bonchev–Trinajstić information content (AvgIpc) is 2.82. The maximum atomic E-state index is 13.3. The molecule has 0 aliphatic rings. The minimum absolute atomic E-state index is 0.176. The number of halogens is 1. The van der Waals surface area contributed by atoms with Gasteiger partial charge in [0.25, 0.3) is 0 Å². The molecule has 1 aromatic carbocycles. The van der Waals surface area contributed by atoms with E-state index in [0.717, 1.165) is 6.54 Å². The molecule has 0 bridgehead atoms. The predicted molar refractivity (Wildman–Crippen MR) is 76.2 cm³/mol. The topological polar surface area (TPSA) is 60.2 Å². The summed E-state index contributed by atoms with van der Waals surface area (Å²) in [4.78, 5) is 4.15. The number of aliphatic hydroxyl groups excluding tert-OH is 1. The smallest absolute Gasteiger partial charge is 0.164 e. The lowest BCUT2D eigenvalue weighted by Crippen LogP contribution is -2.13. The number of hydrogen-bond acceptors (Lipinski definition) is 4. The van der Waals surface area contributed by atoms with E-state index in [4.69, 9.17) is 4.74 Å². The molecule has 0 saturated heterocycles. The monoisotopic (exact) mass is 293 g/mol. The molecule has 1 atom stereocenters. The van der Waals surface area contributed by atoms with E-state index < -0.39 is 11.9 Å². The van der Waals surface area contributed by atoms with Crippen LogP contribution in [0.25, 0.3) is 0 Å². The molecule has 0 aliphatic carbocycles. The van der Waals surface area contributed by atoms with E-state index in [1.165, 1.54) is 24.5 Å². The number of benzene rings is 1. The van der Waals surface area contributed by atoms with Crippen molar-refractivity contribution in [1.29, 1.82) is 0 Å². The number of aromatic nitrogens is 3. The van der Waals surface area contributed by atoms with Gasteiger partial charge in [-0.3, -0.25) is 0 Å². The molecule has 21 heavy (non-hydrogen) atoms. The Labute approximate surface area is 123 Å². The molecule has 0 amide bonds. The van der Waals surface area contributed by atoms with Crippen LogP contribution in [-0.4, -0.2) is 19.9 Å². The van der Waals surface area contributed by atoms with Crippen LogP contribution < -0.4 is 4.74 Å². The maximum Gasteiger partial charge on any atom is 0.164 e. The summed E-state index contributed by atoms with van der Waals surface area (Å²) in [6, 6.07) is 4.09. The Morgan fingerprint density at radius 3 is 2.76 bits per heavy atom. The normalized spacial score (nSPS) is 12.7. The van der Waals surface area contributed by atoms with Gasteiger partial charge in [0.2, 0.25) is 0 Å². The van der Waals surface area contributed by atoms with Gasteiger partial charge < -0.3 is 9.84 Å². The number of nitrogens with zero attached hydrogens (tertiary/aromatic N) is 3. The van der Waals surface area contributed by atoms with E-state index in [1.807, 2.05) is 0 Å². The summed E-state index contributed by atoms with van der Waals surface area (Å²) in [6.07, 6.45) is 0.747. The number of hydrogen-bond donors (Lipinski definition) is 1. The predicted octanol–water partition coefficient (Wildman–Crippen LogP) is 2.71. The lowest BCUT2D eigenvalue weighted by molar-refractivity contribution is 0.188. The van der Waals surface area contributed by atoms with Crippen molar-refractivity contribution in [3.8, 4) is 5.75 Å². The van der Waals surface area contributed by atoms with E-state index >= 15 is 0 Å². The van der Waals surface area contributed by atoms with Gasteiger partial charge >= 0.3 is 0 Å². The minimum Gasteiger partial charge on any atom is -0.485 e. The van der Waals surface area contributed by atoms with Gasteiger partial charge in [0.05, 0.1) is 6.10 Å². The molecule has 6 heteroatoms. The molecule has 2 aromatic rings. The van der Waals surface area contributed by atoms with Crippen molar-refractivity contribution in [2.45, 2.75) is 40.0 Å². The highest BCUT2D eigenvalue weighted by Crippen LogP contribution is 2.26. The van der Waals surface area contributed by atoms with Crippen molar-refractivity contribution < 1.29 is 14.2 Å². The molecule has 0 fully saturated rings. The van der Waals surface area contributed by atoms with Gasteiger partial charge in [0.1, 0.15) is 24.5 Å². The van der Waals surface area contributed by atoms with Gasteiger partial charge in [-0.15, -0.1) is 0 Å². The summed E-state index contributed by atoms with van der Waals surface area (Å²) < 4.78 is 20.7. The molecule has 0 saturated carbocycles. The summed E-state index contributed by atoms with van der Waals surface area (Å²) in [5, 5.41) is 13.8. The molecular weight excluding hydrogens is 273 g/mol. The van der Waals surface area contributed by atoms with E-state index in [1.54, 1.807) is 11.6 Å². The summed E-state index contributed by atoms with van der Waals surface area (Å²) in [6.45, 7) is 6.71. The second kappa shape index (κ2) is 6.67. The second-order valence-electron chi connectivity index (χ2n) is 5.40. The van der Waals surface area contributed by atoms with Crippen LogP contribution in [0.3, 0.4) is 0 Å². The van der Waals surface area contributed by atoms with E-state index in [-0.39, 0.29) is 6.61 Å². The average molecular weight is 293 g/mol. The highest BCUT2D eigenvalue weighted by atomic mass is 19.1. The van der Waals surface area contributed by atoms with Gasteiger partial charge in [-0.1, -0.05) is 13.8 Å². The number of rotatable bonds is 6. The van der Waals surface area contributed by atoms with Crippen LogP contribution >= 0.6 is 0 Å². The van der Waals surface area contributed by atoms with Crippen LogP contribution in [0.15, 0.2) is 24.5 Å². The summed E-state index contributed by atoms with van der Waals surface area (Å²) in [5.74, 6) is 1.03. The third-order valence-electron chi connectivity index (χ3n) is 3.02. The first-order chi connectivity index (χ1) is 9.97. The fourth-order valence-corrected chi connectivity index (χ4v) is 2.02. The van der Waals surface area contributed by atoms with Gasteiger partial charge in [-0.25, -0.2) is 14.1 Å². The molecule has 0 aliphatic heterocycles. The first-order valence-corrected chi connectivity index (χ1v) is 6.94. The molecular formula is C15H20FN3O2. The van der Waals surface area contributed by atoms with E-state index in [2.05, 4.69) is 23.9 Å². The van der Waals surface area contributed by atoms with Crippen LogP contribution in [0.4, 0.5) is 4.39 Å². The lowest BCUT2D eigenvalue weighted by atomic mass is 10.1. The van der Waals surface area contributed by atoms with Gasteiger partial charge in [-0.05, 0) is 25.0 Å². The molecule has 0 unspecified atom stereocenters. The Bertz CT molecular complexity index is 596. The SMILES string of the molecule is CC(C)Cn1ncnc1COc1cc(F)ccc1[C@@H](C)O. The molecule has 0 radical (unpaired) electrons. The lowest BCUT2D eigenvalue weighted by Gasteiger charge is -2.14. The van der Waals surface area contributed by atoms with Crippen LogP contribution in [0.2, 0.25) is 0 Å². The summed E-state index contributed by atoms with van der Waals surface area (Å²) in [7, 11) is 0. The molecule has 0 spiro atoms. The van der Waals surface area contributed by atoms with Crippen molar-refractivity contribution >= 4 is 0 Å². The zero-order valence-electron chi connectivity index (χ0n) is 12.5. The second-order valence-corrected chi connectivity index (χ2v) is 5.40. The fraction of sp³-hybridized carbons (Fsp3) is 0.467. The van der Waals surface area contributed by atoms with Crippen LogP contribution in [0.5, 0.6) is 5.75 Å². The van der Waals surface area contributed by atoms with Crippen molar-refractivity contribution in [2.75, 3.05) is 0 Å². The van der Waals surface area contributed by atoms with E-state index in [9.17, 15) is 9.50 Å². The third-order valence-corrected chi connectivity index (χ3v) is 3.02. The Morgan fingerprint density at radius 2 is 2.10 bits per heavy atom. The van der Waals surface area contributed by atoms with E-state index in [0.29, 0.717) is 23.1 Å². The van der Waals surface area contributed by atoms with Crippen molar-refractivity contribution in [1.82, 2.24) is 14.8 Å². The molecule has 1 heterocycles.